The average molecular weight is 229 g/mol. The molecule has 1 aromatic rings. The molecule has 15 heavy (non-hydrogen) atoms. The molecule has 1 rings (SSSR count). The minimum absolute atomic E-state index is 0.165. The van der Waals surface area contributed by atoms with Gasteiger partial charge in [-0.3, -0.25) is 5.14 Å². The van der Waals surface area contributed by atoms with Crippen molar-refractivity contribution in [1.82, 2.24) is 0 Å². The van der Waals surface area contributed by atoms with Gasteiger partial charge in [0.1, 0.15) is 5.82 Å². The number of halogens is 1. The topological polar surface area (TPSA) is 26.0 Å². The Morgan fingerprint density at radius 2 is 1.87 bits per heavy atom. The zero-order valence-corrected chi connectivity index (χ0v) is 10.5. The second kappa shape index (κ2) is 11.3. The molecule has 0 saturated heterocycles. The van der Waals surface area contributed by atoms with Gasteiger partial charge < -0.3 is 0 Å². The lowest BCUT2D eigenvalue weighted by atomic mass is 10.1. The summed E-state index contributed by atoms with van der Waals surface area (Å²) in [4.78, 5) is 0. The van der Waals surface area contributed by atoms with Gasteiger partial charge >= 0.3 is 0 Å². The smallest absolute Gasteiger partial charge is 0.123 e. The summed E-state index contributed by atoms with van der Waals surface area (Å²) < 4.78 is 12.7. The second-order valence-corrected chi connectivity index (χ2v) is 2.63. The van der Waals surface area contributed by atoms with Gasteiger partial charge in [-0.25, -0.2) is 4.39 Å². The fourth-order valence-electron chi connectivity index (χ4n) is 1.10. The Balaban J connectivity index is 0. The number of allylic oxidation sites excluding steroid dienone is 1. The molecule has 0 atom stereocenters. The molecule has 0 aliphatic carbocycles. The van der Waals surface area contributed by atoms with Crippen molar-refractivity contribution < 1.29 is 4.39 Å². The molecule has 0 bridgehead atoms. The molecule has 0 aliphatic heterocycles. The largest absolute Gasteiger partial charge is 0.281 e. The van der Waals surface area contributed by atoms with E-state index in [4.69, 9.17) is 0 Å². The summed E-state index contributed by atoms with van der Waals surface area (Å²) in [6.07, 6.45) is 2.51. The van der Waals surface area contributed by atoms with Crippen LogP contribution in [0.25, 0.3) is 0 Å². The molecule has 0 aromatic heterocycles. The predicted molar refractivity (Wildman–Crippen MR) is 69.6 cm³/mol. The van der Waals surface area contributed by atoms with Gasteiger partial charge in [0.25, 0.3) is 0 Å². The third-order valence-corrected chi connectivity index (χ3v) is 1.48. The molecule has 0 heterocycles. The number of benzene rings is 1. The van der Waals surface area contributed by atoms with Crippen LogP contribution in [0.3, 0.4) is 0 Å². The Hall–Kier alpha value is -0.800. The van der Waals surface area contributed by atoms with Crippen molar-refractivity contribution in [2.24, 2.45) is 5.14 Å². The van der Waals surface area contributed by atoms with Crippen LogP contribution in [-0.2, 0) is 6.42 Å². The Labute approximate surface area is 97.7 Å². The SMILES string of the molecule is C=CCc1cc(C)cc(F)c1.CC.NS. The Kier molecular flexibility index (Phi) is 12.5. The van der Waals surface area contributed by atoms with Crippen LogP contribution in [0, 0.1) is 12.7 Å². The maximum absolute atomic E-state index is 12.7. The van der Waals surface area contributed by atoms with Crippen molar-refractivity contribution in [3.8, 4) is 0 Å². The lowest BCUT2D eigenvalue weighted by Crippen LogP contribution is -1.85. The third kappa shape index (κ3) is 8.21. The van der Waals surface area contributed by atoms with Crippen molar-refractivity contribution in [1.29, 1.82) is 0 Å². The first-order valence-corrected chi connectivity index (χ1v) is 5.37. The molecule has 86 valence electrons. The van der Waals surface area contributed by atoms with Crippen LogP contribution in [0.15, 0.2) is 30.9 Å². The molecule has 0 radical (unpaired) electrons. The molecule has 0 fully saturated rings. The summed E-state index contributed by atoms with van der Waals surface area (Å²) in [7, 11) is 0. The monoisotopic (exact) mass is 229 g/mol. The summed E-state index contributed by atoms with van der Waals surface area (Å²) in [5.74, 6) is -0.165. The molecule has 3 heteroatoms. The van der Waals surface area contributed by atoms with Crippen LogP contribution in [0.2, 0.25) is 0 Å². The normalized spacial score (nSPS) is 7.87. The summed E-state index contributed by atoms with van der Waals surface area (Å²) in [6.45, 7) is 9.48. The first-order valence-electron chi connectivity index (χ1n) is 4.85. The third-order valence-electron chi connectivity index (χ3n) is 1.48. The van der Waals surface area contributed by atoms with Crippen LogP contribution >= 0.6 is 12.8 Å². The molecule has 0 amide bonds. The van der Waals surface area contributed by atoms with Crippen LogP contribution in [0.1, 0.15) is 25.0 Å². The van der Waals surface area contributed by atoms with Crippen molar-refractivity contribution in [2.45, 2.75) is 27.2 Å². The highest BCUT2D eigenvalue weighted by Crippen LogP contribution is 2.08. The maximum Gasteiger partial charge on any atom is 0.123 e. The van der Waals surface area contributed by atoms with Crippen molar-refractivity contribution in [3.05, 3.63) is 47.8 Å². The molecule has 1 aromatic carbocycles. The standard InChI is InChI=1S/C10H11F.C2H6.H3NS/c1-3-4-9-5-8(2)6-10(11)7-9;2*1-2/h3,5-7H,1,4H2,2H3;1-2H3;2H,1H2. The van der Waals surface area contributed by atoms with Crippen molar-refractivity contribution in [3.63, 3.8) is 0 Å². The number of thiol groups is 1. The first-order chi connectivity index (χ1) is 7.22. The van der Waals surface area contributed by atoms with Gasteiger partial charge in [0.2, 0.25) is 0 Å². The van der Waals surface area contributed by atoms with E-state index in [1.807, 2.05) is 26.8 Å². The second-order valence-electron chi connectivity index (χ2n) is 2.63. The lowest BCUT2D eigenvalue weighted by molar-refractivity contribution is 0.625. The van der Waals surface area contributed by atoms with Crippen molar-refractivity contribution in [2.75, 3.05) is 0 Å². The fourth-order valence-corrected chi connectivity index (χ4v) is 1.10. The van der Waals surface area contributed by atoms with Gasteiger partial charge in [-0.15, -0.1) is 19.4 Å². The van der Waals surface area contributed by atoms with E-state index < -0.39 is 0 Å². The van der Waals surface area contributed by atoms with E-state index in [0.29, 0.717) is 0 Å². The fraction of sp³-hybridized carbons (Fsp3) is 0.333. The molecule has 1 nitrogen and oxygen atoms in total. The molecule has 2 N–H and O–H groups in total. The van der Waals surface area contributed by atoms with E-state index in [-0.39, 0.29) is 5.82 Å². The number of nitrogens with two attached hydrogens (primary N) is 1. The first kappa shape index (κ1) is 16.6. The maximum atomic E-state index is 12.7. The average Bonchev–Trinajstić information content (AvgIpc) is 2.23. The Morgan fingerprint density at radius 3 is 2.27 bits per heavy atom. The number of rotatable bonds is 2. The summed E-state index contributed by atoms with van der Waals surface area (Å²) in [5.41, 5.74) is 1.94. The van der Waals surface area contributed by atoms with E-state index in [9.17, 15) is 4.39 Å². The zero-order chi connectivity index (χ0) is 12.3. The van der Waals surface area contributed by atoms with E-state index in [1.54, 1.807) is 6.08 Å². The molecule has 0 unspecified atom stereocenters. The highest BCUT2D eigenvalue weighted by atomic mass is 32.1. The van der Waals surface area contributed by atoms with Crippen LogP contribution in [0.5, 0.6) is 0 Å². The quantitative estimate of drug-likeness (QED) is 0.587. The Morgan fingerprint density at radius 1 is 1.33 bits per heavy atom. The minimum Gasteiger partial charge on any atom is -0.281 e. The number of hydrogen-bond donors (Lipinski definition) is 2. The van der Waals surface area contributed by atoms with Gasteiger partial charge in [-0.2, -0.15) is 0 Å². The van der Waals surface area contributed by atoms with Crippen LogP contribution in [-0.4, -0.2) is 0 Å². The summed E-state index contributed by atoms with van der Waals surface area (Å²) >= 11 is 3.03. The van der Waals surface area contributed by atoms with E-state index >= 15 is 0 Å². The number of hydrogen-bond acceptors (Lipinski definition) is 2. The minimum atomic E-state index is -0.165. The lowest BCUT2D eigenvalue weighted by Gasteiger charge is -1.98. The molecular weight excluding hydrogens is 209 g/mol. The number of aryl methyl sites for hydroxylation is 1. The van der Waals surface area contributed by atoms with Crippen molar-refractivity contribution >= 4 is 12.8 Å². The summed E-state index contributed by atoms with van der Waals surface area (Å²) in [5, 5.41) is 4.19. The van der Waals surface area contributed by atoms with Gasteiger partial charge in [0, 0.05) is 0 Å². The van der Waals surface area contributed by atoms with E-state index in [1.165, 1.54) is 12.1 Å². The molecular formula is C12H20FNS. The van der Waals surface area contributed by atoms with Gasteiger partial charge in [0.05, 0.1) is 0 Å². The molecule has 0 spiro atoms. The van der Waals surface area contributed by atoms with E-state index in [0.717, 1.165) is 17.5 Å². The molecule has 0 saturated carbocycles. The van der Waals surface area contributed by atoms with E-state index in [2.05, 4.69) is 24.5 Å². The predicted octanol–water partition coefficient (Wildman–Crippen LogP) is 3.68. The highest BCUT2D eigenvalue weighted by molar-refractivity contribution is 7.77. The van der Waals surface area contributed by atoms with Gasteiger partial charge in [0.15, 0.2) is 0 Å². The highest BCUT2D eigenvalue weighted by Gasteiger charge is 1.94. The summed E-state index contributed by atoms with van der Waals surface area (Å²) in [6, 6.07) is 5.02. The van der Waals surface area contributed by atoms with Gasteiger partial charge in [-0.05, 0) is 36.6 Å². The van der Waals surface area contributed by atoms with Gasteiger partial charge in [-0.1, -0.05) is 26.0 Å². The zero-order valence-electron chi connectivity index (χ0n) is 9.63. The molecule has 0 aliphatic rings. The van der Waals surface area contributed by atoms with Crippen LogP contribution < -0.4 is 5.14 Å². The van der Waals surface area contributed by atoms with Crippen LogP contribution in [0.4, 0.5) is 4.39 Å². The Bertz CT molecular complexity index is 254.